The van der Waals surface area contributed by atoms with Gasteiger partial charge in [0, 0.05) is 17.6 Å². The van der Waals surface area contributed by atoms with Crippen molar-refractivity contribution < 1.29 is 27.8 Å². The SMILES string of the molecule is COc1cc(C(=O)O)ccc1C(Oc1cc(C)ccc1Cl)N(CC(C)C)S(=O)(=O)c1nc(C)cs1. The minimum absolute atomic E-state index is 0.00764. The molecule has 3 aromatic rings. The van der Waals surface area contributed by atoms with E-state index in [-0.39, 0.29) is 33.9 Å². The van der Waals surface area contributed by atoms with Gasteiger partial charge in [0.15, 0.2) is 6.23 Å². The maximum absolute atomic E-state index is 13.8. The summed E-state index contributed by atoms with van der Waals surface area (Å²) < 4.78 is 40.6. The number of rotatable bonds is 10. The highest BCUT2D eigenvalue weighted by atomic mass is 35.5. The number of carboxylic acid groups (broad SMARTS) is 1. The lowest BCUT2D eigenvalue weighted by atomic mass is 10.1. The molecule has 0 saturated carbocycles. The van der Waals surface area contributed by atoms with Gasteiger partial charge in [-0.3, -0.25) is 0 Å². The van der Waals surface area contributed by atoms with Crippen molar-refractivity contribution in [1.29, 1.82) is 0 Å². The summed E-state index contributed by atoms with van der Waals surface area (Å²) in [5.41, 5.74) is 1.77. The number of nitrogens with zero attached hydrogens (tertiary/aromatic N) is 2. The summed E-state index contributed by atoms with van der Waals surface area (Å²) in [5, 5.41) is 11.4. The van der Waals surface area contributed by atoms with Gasteiger partial charge in [-0.05, 0) is 55.7 Å². The molecule has 0 amide bonds. The summed E-state index contributed by atoms with van der Waals surface area (Å²) >= 11 is 7.42. The third-order valence-corrected chi connectivity index (χ3v) is 8.48. The summed E-state index contributed by atoms with van der Waals surface area (Å²) in [7, 11) is -2.73. The van der Waals surface area contributed by atoms with E-state index in [0.717, 1.165) is 16.9 Å². The highest BCUT2D eigenvalue weighted by molar-refractivity contribution is 7.91. The highest BCUT2D eigenvalue weighted by Crippen LogP contribution is 2.39. The van der Waals surface area contributed by atoms with Gasteiger partial charge in [-0.1, -0.05) is 31.5 Å². The Kier molecular flexibility index (Phi) is 8.42. The van der Waals surface area contributed by atoms with E-state index >= 15 is 0 Å². The maximum atomic E-state index is 13.8. The van der Waals surface area contributed by atoms with Gasteiger partial charge in [0.1, 0.15) is 11.5 Å². The first kappa shape index (κ1) is 26.9. The van der Waals surface area contributed by atoms with E-state index in [1.807, 2.05) is 26.8 Å². The summed E-state index contributed by atoms with van der Waals surface area (Å²) in [4.78, 5) is 15.7. The maximum Gasteiger partial charge on any atom is 0.335 e. The molecule has 2 aromatic carbocycles. The van der Waals surface area contributed by atoms with Gasteiger partial charge in [0.2, 0.25) is 4.34 Å². The molecule has 1 N–H and O–H groups in total. The molecule has 1 aromatic heterocycles. The number of methoxy groups -OCH3 is 1. The highest BCUT2D eigenvalue weighted by Gasteiger charge is 2.38. The van der Waals surface area contributed by atoms with Gasteiger partial charge in [-0.2, -0.15) is 4.31 Å². The van der Waals surface area contributed by atoms with Gasteiger partial charge in [-0.15, -0.1) is 11.3 Å². The summed E-state index contributed by atoms with van der Waals surface area (Å²) in [6.07, 6.45) is -1.22. The fraction of sp³-hybridized carbons (Fsp3) is 0.333. The number of sulfonamides is 1. The lowest BCUT2D eigenvalue weighted by Gasteiger charge is -2.33. The number of ether oxygens (including phenoxy) is 2. The summed E-state index contributed by atoms with van der Waals surface area (Å²) in [6, 6.07) is 9.39. The van der Waals surface area contributed by atoms with E-state index < -0.39 is 22.2 Å². The van der Waals surface area contributed by atoms with Crippen LogP contribution in [0.1, 0.15) is 47.3 Å². The number of thiazole rings is 1. The number of hydrogen-bond donors (Lipinski definition) is 1. The molecule has 0 radical (unpaired) electrons. The van der Waals surface area contributed by atoms with Gasteiger partial charge in [-0.25, -0.2) is 18.2 Å². The second-order valence-corrected chi connectivity index (χ2v) is 11.7. The molecular formula is C24H27ClN2O6S2. The zero-order valence-corrected chi connectivity index (χ0v) is 22.4. The van der Waals surface area contributed by atoms with Crippen molar-refractivity contribution in [2.75, 3.05) is 13.7 Å². The first-order chi connectivity index (χ1) is 16.4. The van der Waals surface area contributed by atoms with E-state index in [9.17, 15) is 18.3 Å². The molecule has 8 nitrogen and oxygen atoms in total. The van der Waals surface area contributed by atoms with Crippen molar-refractivity contribution in [3.8, 4) is 11.5 Å². The van der Waals surface area contributed by atoms with Crippen LogP contribution in [0.25, 0.3) is 0 Å². The molecule has 0 aliphatic carbocycles. The van der Waals surface area contributed by atoms with Crippen molar-refractivity contribution in [3.05, 3.63) is 69.2 Å². The van der Waals surface area contributed by atoms with Crippen molar-refractivity contribution in [3.63, 3.8) is 0 Å². The van der Waals surface area contributed by atoms with E-state index in [1.54, 1.807) is 24.4 Å². The summed E-state index contributed by atoms with van der Waals surface area (Å²) in [6.45, 7) is 7.45. The number of hydrogen-bond acceptors (Lipinski definition) is 7. The summed E-state index contributed by atoms with van der Waals surface area (Å²) in [5.74, 6) is -0.772. The van der Waals surface area contributed by atoms with Crippen LogP contribution in [0.2, 0.25) is 5.02 Å². The molecule has 0 bridgehead atoms. The van der Waals surface area contributed by atoms with Crippen LogP contribution in [0, 0.1) is 19.8 Å². The molecule has 0 fully saturated rings. The molecule has 0 aliphatic heterocycles. The van der Waals surface area contributed by atoms with Crippen LogP contribution in [0.15, 0.2) is 46.1 Å². The fourth-order valence-electron chi connectivity index (χ4n) is 3.38. The van der Waals surface area contributed by atoms with E-state index in [1.165, 1.54) is 29.6 Å². The Labute approximate surface area is 214 Å². The number of aryl methyl sites for hydroxylation is 2. The van der Waals surface area contributed by atoms with Crippen LogP contribution in [-0.2, 0) is 10.0 Å². The Morgan fingerprint density at radius 2 is 1.89 bits per heavy atom. The number of aromatic carboxylic acids is 1. The Balaban J connectivity index is 2.25. The standard InChI is InChI=1S/C24H27ClN2O6S2/c1-14(2)12-27(35(30,31)24-26-16(4)13-34-24)22(33-21-10-15(3)6-9-19(21)25)18-8-7-17(23(28)29)11-20(18)32-5/h6-11,13-14,22H,12H2,1-5H3,(H,28,29). The third-order valence-electron chi connectivity index (χ3n) is 5.01. The average Bonchev–Trinajstić information content (AvgIpc) is 3.25. The molecule has 1 atom stereocenters. The molecule has 11 heteroatoms. The van der Waals surface area contributed by atoms with Crippen LogP contribution < -0.4 is 9.47 Å². The molecule has 1 unspecified atom stereocenters. The van der Waals surface area contributed by atoms with Crippen LogP contribution in [0.3, 0.4) is 0 Å². The van der Waals surface area contributed by atoms with Crippen molar-refractivity contribution in [2.45, 2.75) is 38.3 Å². The molecule has 1 heterocycles. The third kappa shape index (κ3) is 6.13. The van der Waals surface area contributed by atoms with E-state index in [4.69, 9.17) is 21.1 Å². The number of halogens is 1. The second kappa shape index (κ2) is 10.9. The molecule has 3 rings (SSSR count). The van der Waals surface area contributed by atoms with E-state index in [0.29, 0.717) is 16.3 Å². The Hall–Kier alpha value is -2.66. The lowest BCUT2D eigenvalue weighted by molar-refractivity contribution is 0.0691. The van der Waals surface area contributed by atoms with Crippen molar-refractivity contribution >= 4 is 38.9 Å². The van der Waals surface area contributed by atoms with Gasteiger partial charge >= 0.3 is 5.97 Å². The first-order valence-corrected chi connectivity index (χ1v) is 13.4. The predicted octanol–water partition coefficient (Wildman–Crippen LogP) is 5.54. The average molecular weight is 539 g/mol. The molecule has 0 spiro atoms. The van der Waals surface area contributed by atoms with Gasteiger partial charge in [0.25, 0.3) is 10.0 Å². The van der Waals surface area contributed by atoms with Crippen molar-refractivity contribution in [1.82, 2.24) is 9.29 Å². The monoisotopic (exact) mass is 538 g/mol. The second-order valence-electron chi connectivity index (χ2n) is 8.39. The minimum atomic E-state index is -4.12. The smallest absolute Gasteiger partial charge is 0.335 e. The van der Waals surface area contributed by atoms with Crippen LogP contribution in [0.5, 0.6) is 11.5 Å². The number of carbonyl (C=O) groups is 1. The van der Waals surface area contributed by atoms with E-state index in [2.05, 4.69) is 4.98 Å². The molecular weight excluding hydrogens is 512 g/mol. The molecule has 188 valence electrons. The lowest BCUT2D eigenvalue weighted by Crippen LogP contribution is -2.40. The van der Waals surface area contributed by atoms with Crippen LogP contribution >= 0.6 is 22.9 Å². The molecule has 0 saturated heterocycles. The molecule has 0 aliphatic rings. The number of benzene rings is 2. The van der Waals surface area contributed by atoms with Gasteiger partial charge in [0.05, 0.1) is 23.3 Å². The number of aromatic nitrogens is 1. The van der Waals surface area contributed by atoms with Crippen LogP contribution in [0.4, 0.5) is 0 Å². The Bertz CT molecular complexity index is 1320. The zero-order valence-electron chi connectivity index (χ0n) is 20.0. The number of carboxylic acids is 1. The quantitative estimate of drug-likeness (QED) is 0.337. The first-order valence-electron chi connectivity index (χ1n) is 10.7. The topological polar surface area (TPSA) is 106 Å². The van der Waals surface area contributed by atoms with Gasteiger partial charge < -0.3 is 14.6 Å². The normalized spacial score (nSPS) is 12.7. The fourth-order valence-corrected chi connectivity index (χ4v) is 6.34. The predicted molar refractivity (Wildman–Crippen MR) is 135 cm³/mol. The zero-order chi connectivity index (χ0) is 25.9. The minimum Gasteiger partial charge on any atom is -0.496 e. The Morgan fingerprint density at radius 1 is 1.17 bits per heavy atom. The van der Waals surface area contributed by atoms with Crippen LogP contribution in [-0.4, -0.2) is 42.4 Å². The Morgan fingerprint density at radius 3 is 2.46 bits per heavy atom. The molecule has 35 heavy (non-hydrogen) atoms. The largest absolute Gasteiger partial charge is 0.496 e. The van der Waals surface area contributed by atoms with Crippen molar-refractivity contribution in [2.24, 2.45) is 5.92 Å².